The number of nitrogens with one attached hydrogen (secondary N) is 1. The van der Waals surface area contributed by atoms with E-state index in [-0.39, 0.29) is 18.8 Å². The molecule has 4 nitrogen and oxygen atoms in total. The molecule has 0 saturated heterocycles. The van der Waals surface area contributed by atoms with Crippen molar-refractivity contribution in [3.05, 3.63) is 28.2 Å². The summed E-state index contributed by atoms with van der Waals surface area (Å²) in [6, 6.07) is 3.29. The van der Waals surface area contributed by atoms with Crippen molar-refractivity contribution in [2.24, 2.45) is 0 Å². The van der Waals surface area contributed by atoms with E-state index >= 15 is 0 Å². The highest BCUT2D eigenvalue weighted by Gasteiger charge is 2.30. The van der Waals surface area contributed by atoms with Crippen molar-refractivity contribution in [1.29, 1.82) is 0 Å². The lowest BCUT2D eigenvalue weighted by molar-refractivity contribution is -0.137. The lowest BCUT2D eigenvalue weighted by Gasteiger charge is -2.15. The molecule has 0 aliphatic carbocycles. The largest absolute Gasteiger partial charge is 0.416 e. The smallest absolute Gasteiger partial charge is 0.389 e. The quantitative estimate of drug-likeness (QED) is 0.690. The Kier molecular flexibility index (Phi) is 7.44. The van der Waals surface area contributed by atoms with E-state index in [1.165, 1.54) is 13.2 Å². The monoisotopic (exact) mass is 371 g/mol. The number of hydrogen-bond donors (Lipinski definition) is 2. The van der Waals surface area contributed by atoms with Gasteiger partial charge in [0.15, 0.2) is 0 Å². The van der Waals surface area contributed by atoms with Crippen LogP contribution in [-0.2, 0) is 15.7 Å². The van der Waals surface area contributed by atoms with Crippen molar-refractivity contribution >= 4 is 21.6 Å². The molecular weight excluding hydrogens is 355 g/mol. The first-order chi connectivity index (χ1) is 9.84. The second-order valence-corrected chi connectivity index (χ2v) is 5.15. The molecule has 0 aliphatic rings. The van der Waals surface area contributed by atoms with Crippen molar-refractivity contribution < 1.29 is 27.8 Å². The van der Waals surface area contributed by atoms with Crippen LogP contribution < -0.4 is 5.32 Å². The maximum Gasteiger partial charge on any atom is 0.416 e. The average Bonchev–Trinajstić information content (AvgIpc) is 2.41. The summed E-state index contributed by atoms with van der Waals surface area (Å²) in [5.74, 6) is 0. The molecule has 0 amide bonds. The summed E-state index contributed by atoms with van der Waals surface area (Å²) in [6.07, 6.45) is -5.23. The lowest BCUT2D eigenvalue weighted by atomic mass is 10.2. The molecule has 0 heterocycles. The molecule has 0 radical (unpaired) electrons. The molecule has 1 unspecified atom stereocenters. The van der Waals surface area contributed by atoms with Crippen molar-refractivity contribution in [3.63, 3.8) is 0 Å². The van der Waals surface area contributed by atoms with Gasteiger partial charge >= 0.3 is 6.18 Å². The number of rotatable bonds is 8. The number of hydrogen-bond acceptors (Lipinski definition) is 4. The van der Waals surface area contributed by atoms with E-state index in [0.29, 0.717) is 17.7 Å². The molecule has 1 aromatic carbocycles. The van der Waals surface area contributed by atoms with E-state index in [4.69, 9.17) is 9.47 Å². The third kappa shape index (κ3) is 6.64. The van der Waals surface area contributed by atoms with Crippen molar-refractivity contribution in [1.82, 2.24) is 0 Å². The normalized spacial score (nSPS) is 13.2. The predicted octanol–water partition coefficient (Wildman–Crippen LogP) is 2.90. The fraction of sp³-hybridized carbons (Fsp3) is 0.538. The highest BCUT2D eigenvalue weighted by Crippen LogP contribution is 2.33. The van der Waals surface area contributed by atoms with Gasteiger partial charge < -0.3 is 19.9 Å². The number of aliphatic hydroxyl groups excluding tert-OH is 1. The maximum atomic E-state index is 12.6. The van der Waals surface area contributed by atoms with Crippen LogP contribution in [-0.4, -0.2) is 44.7 Å². The van der Waals surface area contributed by atoms with Crippen molar-refractivity contribution in [3.8, 4) is 0 Å². The minimum Gasteiger partial charge on any atom is -0.389 e. The van der Waals surface area contributed by atoms with Crippen LogP contribution in [0.3, 0.4) is 0 Å². The average molecular weight is 372 g/mol. The molecule has 1 atom stereocenters. The summed E-state index contributed by atoms with van der Waals surface area (Å²) < 4.78 is 48.2. The van der Waals surface area contributed by atoms with Gasteiger partial charge in [-0.2, -0.15) is 13.2 Å². The summed E-state index contributed by atoms with van der Waals surface area (Å²) in [5, 5.41) is 12.4. The van der Waals surface area contributed by atoms with E-state index < -0.39 is 17.8 Å². The Morgan fingerprint density at radius 1 is 1.33 bits per heavy atom. The molecule has 0 spiro atoms. The van der Waals surface area contributed by atoms with Gasteiger partial charge in [0.2, 0.25) is 0 Å². The van der Waals surface area contributed by atoms with E-state index in [0.717, 1.165) is 12.1 Å². The van der Waals surface area contributed by atoms with Crippen LogP contribution in [0.4, 0.5) is 18.9 Å². The summed E-state index contributed by atoms with van der Waals surface area (Å²) in [4.78, 5) is 0. The minimum atomic E-state index is -4.40. The molecule has 0 fully saturated rings. The molecule has 1 aromatic rings. The lowest BCUT2D eigenvalue weighted by Crippen LogP contribution is -2.25. The van der Waals surface area contributed by atoms with Gasteiger partial charge in [-0.05, 0) is 34.1 Å². The topological polar surface area (TPSA) is 50.7 Å². The number of anilines is 1. The van der Waals surface area contributed by atoms with Crippen LogP contribution in [0, 0.1) is 0 Å². The first-order valence-electron chi connectivity index (χ1n) is 6.20. The summed E-state index contributed by atoms with van der Waals surface area (Å²) in [5.41, 5.74) is -0.486. The molecule has 1 rings (SSSR count). The molecule has 21 heavy (non-hydrogen) atoms. The van der Waals surface area contributed by atoms with Crippen LogP contribution in [0.25, 0.3) is 0 Å². The summed E-state index contributed by atoms with van der Waals surface area (Å²) in [7, 11) is 1.53. The molecule has 120 valence electrons. The number of benzene rings is 1. The highest BCUT2D eigenvalue weighted by atomic mass is 79.9. The van der Waals surface area contributed by atoms with Crippen LogP contribution in [0.1, 0.15) is 5.56 Å². The Morgan fingerprint density at radius 2 is 2.05 bits per heavy atom. The van der Waals surface area contributed by atoms with E-state index in [9.17, 15) is 18.3 Å². The molecule has 0 bridgehead atoms. The number of ether oxygens (including phenoxy) is 2. The molecule has 0 saturated carbocycles. The SMILES string of the molecule is COCCOCC(O)CNc1cc(C(F)(F)F)ccc1Br. The third-order valence-electron chi connectivity index (χ3n) is 2.56. The fourth-order valence-electron chi connectivity index (χ4n) is 1.49. The Labute approximate surface area is 129 Å². The number of methoxy groups -OCH3 is 1. The van der Waals surface area contributed by atoms with Crippen LogP contribution in [0.15, 0.2) is 22.7 Å². The van der Waals surface area contributed by atoms with E-state index in [1.54, 1.807) is 0 Å². The summed E-state index contributed by atoms with van der Waals surface area (Å²) in [6.45, 7) is 0.917. The van der Waals surface area contributed by atoms with Gasteiger partial charge in [0, 0.05) is 23.8 Å². The Bertz CT molecular complexity index is 443. The van der Waals surface area contributed by atoms with Gasteiger partial charge in [0.1, 0.15) is 0 Å². The van der Waals surface area contributed by atoms with Crippen molar-refractivity contribution in [2.45, 2.75) is 12.3 Å². The molecule has 2 N–H and O–H groups in total. The van der Waals surface area contributed by atoms with Gasteiger partial charge in [0.25, 0.3) is 0 Å². The Hall–Kier alpha value is -0.830. The predicted molar refractivity (Wildman–Crippen MR) is 76.3 cm³/mol. The Balaban J connectivity index is 2.51. The standard InChI is InChI=1S/C13H17BrF3NO3/c1-20-4-5-21-8-10(19)7-18-12-6-9(13(15,16)17)2-3-11(12)14/h2-3,6,10,18-19H,4-5,7-8H2,1H3. The first kappa shape index (κ1) is 18.2. The first-order valence-corrected chi connectivity index (χ1v) is 6.99. The zero-order chi connectivity index (χ0) is 15.9. The van der Waals surface area contributed by atoms with Gasteiger partial charge in [-0.1, -0.05) is 0 Å². The zero-order valence-electron chi connectivity index (χ0n) is 11.4. The highest BCUT2D eigenvalue weighted by molar-refractivity contribution is 9.10. The minimum absolute atomic E-state index is 0.0763. The number of aliphatic hydroxyl groups is 1. The van der Waals surface area contributed by atoms with Gasteiger partial charge in [0.05, 0.1) is 31.5 Å². The van der Waals surface area contributed by atoms with Gasteiger partial charge in [-0.15, -0.1) is 0 Å². The molecular formula is C13H17BrF3NO3. The van der Waals surface area contributed by atoms with Crippen LogP contribution in [0.2, 0.25) is 0 Å². The molecule has 0 aliphatic heterocycles. The zero-order valence-corrected chi connectivity index (χ0v) is 13.0. The van der Waals surface area contributed by atoms with Crippen molar-refractivity contribution in [2.75, 3.05) is 38.8 Å². The van der Waals surface area contributed by atoms with Crippen LogP contribution >= 0.6 is 15.9 Å². The Morgan fingerprint density at radius 3 is 2.67 bits per heavy atom. The maximum absolute atomic E-state index is 12.6. The second kappa shape index (κ2) is 8.57. The van der Waals surface area contributed by atoms with E-state index in [1.807, 2.05) is 0 Å². The fourth-order valence-corrected chi connectivity index (χ4v) is 1.87. The van der Waals surface area contributed by atoms with Gasteiger partial charge in [-0.25, -0.2) is 0 Å². The molecule has 0 aromatic heterocycles. The number of alkyl halides is 3. The van der Waals surface area contributed by atoms with Gasteiger partial charge in [-0.3, -0.25) is 0 Å². The second-order valence-electron chi connectivity index (χ2n) is 4.29. The van der Waals surface area contributed by atoms with E-state index in [2.05, 4.69) is 21.2 Å². The molecule has 8 heteroatoms. The van der Waals surface area contributed by atoms with Crippen LogP contribution in [0.5, 0.6) is 0 Å². The number of halogens is 4. The third-order valence-corrected chi connectivity index (χ3v) is 3.26. The summed E-state index contributed by atoms with van der Waals surface area (Å²) >= 11 is 3.16.